The molecule has 1 aromatic carbocycles. The molecule has 0 radical (unpaired) electrons. The number of hydrogen-bond donors (Lipinski definition) is 1. The molecule has 0 saturated heterocycles. The van der Waals surface area contributed by atoms with Crippen molar-refractivity contribution in [3.8, 4) is 5.75 Å². The Hall–Kier alpha value is -1.44. The second kappa shape index (κ2) is 5.05. The minimum Gasteiger partial charge on any atom is -0.494 e. The highest BCUT2D eigenvalue weighted by Crippen LogP contribution is 2.31. The van der Waals surface area contributed by atoms with Crippen LogP contribution >= 0.6 is 0 Å². The highest BCUT2D eigenvalue weighted by atomic mass is 16.5. The molecule has 0 saturated carbocycles. The lowest BCUT2D eigenvalue weighted by atomic mass is 9.83. The number of hydrogen-bond acceptors (Lipinski definition) is 1. The predicted octanol–water partition coefficient (Wildman–Crippen LogP) is 4.55. The summed E-state index contributed by atoms with van der Waals surface area (Å²) in [6.45, 7) is 9.62. The van der Waals surface area contributed by atoms with E-state index in [2.05, 4.69) is 44.1 Å². The Morgan fingerprint density at radius 3 is 2.67 bits per heavy atom. The zero-order valence-electron chi connectivity index (χ0n) is 11.8. The zero-order chi connectivity index (χ0) is 13.2. The molecule has 1 N–H and O–H groups in total. The molecule has 0 aliphatic rings. The molecule has 0 amide bonds. The predicted molar refractivity (Wildman–Crippen MR) is 77.2 cm³/mol. The van der Waals surface area contributed by atoms with Crippen molar-refractivity contribution < 1.29 is 4.74 Å². The summed E-state index contributed by atoms with van der Waals surface area (Å²) in [5.74, 6) is 0.958. The number of nitrogens with one attached hydrogen (secondary N) is 1. The summed E-state index contributed by atoms with van der Waals surface area (Å²) in [4.78, 5) is 3.35. The lowest BCUT2D eigenvalue weighted by molar-refractivity contribution is 0.340. The van der Waals surface area contributed by atoms with Crippen LogP contribution in [-0.4, -0.2) is 11.6 Å². The number of aromatic amines is 1. The van der Waals surface area contributed by atoms with Crippen LogP contribution in [0, 0.1) is 5.41 Å². The molecule has 0 bridgehead atoms. The van der Waals surface area contributed by atoms with Gasteiger partial charge in [-0.25, -0.2) is 0 Å². The molecule has 0 atom stereocenters. The average molecular weight is 245 g/mol. The fourth-order valence-electron chi connectivity index (χ4n) is 2.20. The molecule has 0 unspecified atom stereocenters. The molecule has 2 aromatic rings. The summed E-state index contributed by atoms with van der Waals surface area (Å²) in [5.41, 5.74) is 2.93. The monoisotopic (exact) mass is 245 g/mol. The van der Waals surface area contributed by atoms with Gasteiger partial charge in [0.25, 0.3) is 0 Å². The normalized spacial score (nSPS) is 12.0. The van der Waals surface area contributed by atoms with Gasteiger partial charge in [0.1, 0.15) is 5.75 Å². The van der Waals surface area contributed by atoms with E-state index >= 15 is 0 Å². The number of H-pyrrole nitrogens is 1. The van der Waals surface area contributed by atoms with Crippen molar-refractivity contribution in [1.29, 1.82) is 0 Å². The quantitative estimate of drug-likeness (QED) is 0.821. The third-order valence-electron chi connectivity index (χ3n) is 3.68. The van der Waals surface area contributed by atoms with E-state index in [1.165, 1.54) is 22.9 Å². The van der Waals surface area contributed by atoms with Gasteiger partial charge in [0.2, 0.25) is 0 Å². The Kier molecular flexibility index (Phi) is 3.65. The second-order valence-corrected chi connectivity index (χ2v) is 5.65. The van der Waals surface area contributed by atoms with Crippen LogP contribution in [0.2, 0.25) is 0 Å². The van der Waals surface area contributed by atoms with E-state index in [1.54, 1.807) is 0 Å². The van der Waals surface area contributed by atoms with Gasteiger partial charge in [0.15, 0.2) is 0 Å². The van der Waals surface area contributed by atoms with Crippen molar-refractivity contribution in [3.05, 3.63) is 30.0 Å². The van der Waals surface area contributed by atoms with Crippen LogP contribution in [0.3, 0.4) is 0 Å². The topological polar surface area (TPSA) is 25.0 Å². The molecule has 0 aliphatic heterocycles. The molecule has 98 valence electrons. The van der Waals surface area contributed by atoms with Crippen LogP contribution in [0.5, 0.6) is 5.75 Å². The van der Waals surface area contributed by atoms with Crippen LogP contribution in [0.15, 0.2) is 24.4 Å². The summed E-state index contributed by atoms with van der Waals surface area (Å²) >= 11 is 0. The molecule has 18 heavy (non-hydrogen) atoms. The van der Waals surface area contributed by atoms with Crippen molar-refractivity contribution >= 4 is 10.9 Å². The van der Waals surface area contributed by atoms with Gasteiger partial charge in [-0.2, -0.15) is 0 Å². The first-order chi connectivity index (χ1) is 8.55. The van der Waals surface area contributed by atoms with E-state index in [1.807, 2.05) is 13.0 Å². The van der Waals surface area contributed by atoms with Gasteiger partial charge < -0.3 is 9.72 Å². The van der Waals surface area contributed by atoms with Crippen molar-refractivity contribution in [2.75, 3.05) is 6.61 Å². The Balaban J connectivity index is 2.36. The van der Waals surface area contributed by atoms with Crippen LogP contribution in [0.25, 0.3) is 10.9 Å². The first-order valence-electron chi connectivity index (χ1n) is 6.78. The molecule has 2 rings (SSSR count). The summed E-state index contributed by atoms with van der Waals surface area (Å²) in [6.07, 6.45) is 4.42. The number of rotatable bonds is 5. The van der Waals surface area contributed by atoms with E-state index in [-0.39, 0.29) is 0 Å². The summed E-state index contributed by atoms with van der Waals surface area (Å²) in [7, 11) is 0. The zero-order valence-corrected chi connectivity index (χ0v) is 11.8. The number of fused-ring (bicyclic) bond motifs is 1. The van der Waals surface area contributed by atoms with Gasteiger partial charge in [0.05, 0.1) is 6.61 Å². The van der Waals surface area contributed by atoms with E-state index in [4.69, 9.17) is 4.74 Å². The SMILES string of the molecule is CCOc1ccc2[nH]cc(CC(C)(C)CC)c2c1. The molecule has 1 aromatic heterocycles. The van der Waals surface area contributed by atoms with Gasteiger partial charge >= 0.3 is 0 Å². The van der Waals surface area contributed by atoms with E-state index in [0.29, 0.717) is 12.0 Å². The van der Waals surface area contributed by atoms with E-state index in [0.717, 1.165) is 12.2 Å². The van der Waals surface area contributed by atoms with Gasteiger partial charge in [-0.1, -0.05) is 27.2 Å². The highest BCUT2D eigenvalue weighted by Gasteiger charge is 2.18. The van der Waals surface area contributed by atoms with Gasteiger partial charge in [-0.15, -0.1) is 0 Å². The van der Waals surface area contributed by atoms with E-state index < -0.39 is 0 Å². The number of benzene rings is 1. The summed E-state index contributed by atoms with van der Waals surface area (Å²) in [5, 5.41) is 1.29. The molecular weight excluding hydrogens is 222 g/mol. The Morgan fingerprint density at radius 2 is 2.00 bits per heavy atom. The molecule has 0 spiro atoms. The molecule has 0 fully saturated rings. The standard InChI is InChI=1S/C16H23NO/c1-5-16(3,4)10-12-11-17-15-8-7-13(18-6-2)9-14(12)15/h7-9,11,17H,5-6,10H2,1-4H3. The largest absolute Gasteiger partial charge is 0.494 e. The van der Waals surface area contributed by atoms with Crippen molar-refractivity contribution in [2.24, 2.45) is 5.41 Å². The third kappa shape index (κ3) is 2.69. The van der Waals surface area contributed by atoms with Crippen LogP contribution in [0.4, 0.5) is 0 Å². The fraction of sp³-hybridized carbons (Fsp3) is 0.500. The molecular formula is C16H23NO. The molecule has 0 aliphatic carbocycles. The van der Waals surface area contributed by atoms with Crippen molar-refractivity contribution in [2.45, 2.75) is 40.5 Å². The van der Waals surface area contributed by atoms with Crippen LogP contribution < -0.4 is 4.74 Å². The van der Waals surface area contributed by atoms with Gasteiger partial charge in [-0.3, -0.25) is 0 Å². The van der Waals surface area contributed by atoms with Crippen molar-refractivity contribution in [3.63, 3.8) is 0 Å². The Bertz CT molecular complexity index is 525. The average Bonchev–Trinajstić information content (AvgIpc) is 2.72. The van der Waals surface area contributed by atoms with Crippen LogP contribution in [-0.2, 0) is 6.42 Å². The molecule has 2 nitrogen and oxygen atoms in total. The summed E-state index contributed by atoms with van der Waals surface area (Å²) in [6, 6.07) is 6.27. The maximum atomic E-state index is 5.58. The highest BCUT2D eigenvalue weighted by molar-refractivity contribution is 5.84. The number of aromatic nitrogens is 1. The lowest BCUT2D eigenvalue weighted by Gasteiger charge is -2.22. The maximum Gasteiger partial charge on any atom is 0.120 e. The fourth-order valence-corrected chi connectivity index (χ4v) is 2.20. The van der Waals surface area contributed by atoms with Crippen LogP contribution in [0.1, 0.15) is 39.7 Å². The van der Waals surface area contributed by atoms with Gasteiger partial charge in [0, 0.05) is 17.1 Å². The number of ether oxygens (including phenoxy) is 1. The third-order valence-corrected chi connectivity index (χ3v) is 3.68. The second-order valence-electron chi connectivity index (χ2n) is 5.65. The van der Waals surface area contributed by atoms with Crippen molar-refractivity contribution in [1.82, 2.24) is 4.98 Å². The first kappa shape index (κ1) is 13.0. The van der Waals surface area contributed by atoms with E-state index in [9.17, 15) is 0 Å². The first-order valence-corrected chi connectivity index (χ1v) is 6.78. The Labute approximate surface area is 109 Å². The van der Waals surface area contributed by atoms with Gasteiger partial charge in [-0.05, 0) is 42.5 Å². The molecule has 2 heteroatoms. The maximum absolute atomic E-state index is 5.58. The Morgan fingerprint density at radius 1 is 1.22 bits per heavy atom. The minimum absolute atomic E-state index is 0.344. The lowest BCUT2D eigenvalue weighted by Crippen LogP contribution is -2.12. The smallest absolute Gasteiger partial charge is 0.120 e. The molecule has 1 heterocycles. The minimum atomic E-state index is 0.344. The summed E-state index contributed by atoms with van der Waals surface area (Å²) < 4.78 is 5.58.